The van der Waals surface area contributed by atoms with Gasteiger partial charge in [-0.2, -0.15) is 13.2 Å². The molecule has 0 atom stereocenters. The molecule has 0 aliphatic carbocycles. The zero-order valence-corrected chi connectivity index (χ0v) is 11.4. The standard InChI is InChI=1S/C13H18F3NO3/c1-3-19-11-6-4-5-10(7-17-2)12(11)20-9-18-8-13(14,15)16/h4-6,17H,3,7-9H2,1-2H3. The van der Waals surface area contributed by atoms with E-state index in [0.717, 1.165) is 5.56 Å². The molecule has 7 heteroatoms. The van der Waals surface area contributed by atoms with E-state index in [1.807, 2.05) is 6.92 Å². The Balaban J connectivity index is 2.69. The van der Waals surface area contributed by atoms with E-state index in [2.05, 4.69) is 10.1 Å². The average Bonchev–Trinajstić information content (AvgIpc) is 2.36. The number of para-hydroxylation sites is 1. The van der Waals surface area contributed by atoms with Crippen molar-refractivity contribution in [1.29, 1.82) is 0 Å². The van der Waals surface area contributed by atoms with Crippen LogP contribution in [0.3, 0.4) is 0 Å². The van der Waals surface area contributed by atoms with Crippen LogP contribution in [0.1, 0.15) is 12.5 Å². The van der Waals surface area contributed by atoms with E-state index in [1.54, 1.807) is 25.2 Å². The maximum atomic E-state index is 12.0. The molecule has 0 aliphatic heterocycles. The van der Waals surface area contributed by atoms with Crippen LogP contribution >= 0.6 is 0 Å². The number of hydrogen-bond donors (Lipinski definition) is 1. The summed E-state index contributed by atoms with van der Waals surface area (Å²) in [5.41, 5.74) is 0.786. The monoisotopic (exact) mass is 293 g/mol. The largest absolute Gasteiger partial charge is 0.490 e. The molecule has 0 unspecified atom stereocenters. The van der Waals surface area contributed by atoms with Crippen LogP contribution in [0.25, 0.3) is 0 Å². The van der Waals surface area contributed by atoms with Crippen molar-refractivity contribution in [3.05, 3.63) is 23.8 Å². The Labute approximate surface area is 115 Å². The summed E-state index contributed by atoms with van der Waals surface area (Å²) in [6, 6.07) is 5.29. The normalized spacial score (nSPS) is 11.4. The molecule has 0 radical (unpaired) electrons. The predicted molar refractivity (Wildman–Crippen MR) is 67.9 cm³/mol. The van der Waals surface area contributed by atoms with E-state index in [0.29, 0.717) is 24.7 Å². The fourth-order valence-corrected chi connectivity index (χ4v) is 1.58. The van der Waals surface area contributed by atoms with Crippen LogP contribution < -0.4 is 14.8 Å². The molecule has 0 amide bonds. The van der Waals surface area contributed by atoms with Gasteiger partial charge in [-0.3, -0.25) is 0 Å². The summed E-state index contributed by atoms with van der Waals surface area (Å²) >= 11 is 0. The molecule has 1 aromatic rings. The van der Waals surface area contributed by atoms with E-state index in [-0.39, 0.29) is 0 Å². The highest BCUT2D eigenvalue weighted by Gasteiger charge is 2.27. The number of halogens is 3. The second kappa shape index (κ2) is 7.96. The Morgan fingerprint density at radius 3 is 2.55 bits per heavy atom. The van der Waals surface area contributed by atoms with E-state index in [4.69, 9.17) is 9.47 Å². The summed E-state index contributed by atoms with van der Waals surface area (Å²) < 4.78 is 51.0. The first-order valence-corrected chi connectivity index (χ1v) is 6.14. The maximum absolute atomic E-state index is 12.0. The first kappa shape index (κ1) is 16.6. The SMILES string of the molecule is CCOc1cccc(CNC)c1OCOCC(F)(F)F. The number of rotatable bonds is 8. The minimum atomic E-state index is -4.36. The molecule has 1 N–H and O–H groups in total. The van der Waals surface area contributed by atoms with Crippen LogP contribution in [0.4, 0.5) is 13.2 Å². The van der Waals surface area contributed by atoms with Gasteiger partial charge < -0.3 is 19.5 Å². The molecule has 0 spiro atoms. The minimum absolute atomic E-state index is 0.394. The molecule has 4 nitrogen and oxygen atoms in total. The summed E-state index contributed by atoms with van der Waals surface area (Å²) in [4.78, 5) is 0. The highest BCUT2D eigenvalue weighted by Crippen LogP contribution is 2.31. The summed E-state index contributed by atoms with van der Waals surface area (Å²) in [5.74, 6) is 0.877. The van der Waals surface area contributed by atoms with Crippen molar-refractivity contribution in [2.75, 3.05) is 27.1 Å². The van der Waals surface area contributed by atoms with Gasteiger partial charge in [-0.05, 0) is 20.0 Å². The molecule has 0 fully saturated rings. The van der Waals surface area contributed by atoms with Gasteiger partial charge in [0.2, 0.25) is 0 Å². The molecule has 20 heavy (non-hydrogen) atoms. The van der Waals surface area contributed by atoms with Crippen molar-refractivity contribution in [3.63, 3.8) is 0 Å². The molecule has 0 aromatic heterocycles. The van der Waals surface area contributed by atoms with Gasteiger partial charge >= 0.3 is 6.18 Å². The third-order valence-corrected chi connectivity index (χ3v) is 2.28. The van der Waals surface area contributed by atoms with Crippen molar-refractivity contribution >= 4 is 0 Å². The number of alkyl halides is 3. The lowest BCUT2D eigenvalue weighted by molar-refractivity contribution is -0.186. The van der Waals surface area contributed by atoms with E-state index in [9.17, 15) is 13.2 Å². The summed E-state index contributed by atoms with van der Waals surface area (Å²) in [5, 5.41) is 2.95. The zero-order valence-electron chi connectivity index (χ0n) is 11.4. The lowest BCUT2D eigenvalue weighted by Crippen LogP contribution is -2.19. The van der Waals surface area contributed by atoms with Crippen LogP contribution in [0.15, 0.2) is 18.2 Å². The van der Waals surface area contributed by atoms with Crippen LogP contribution in [0.2, 0.25) is 0 Å². The third-order valence-electron chi connectivity index (χ3n) is 2.28. The molecule has 114 valence electrons. The predicted octanol–water partition coefficient (Wildman–Crippen LogP) is 2.72. The third kappa shape index (κ3) is 5.66. The molecule has 0 aliphatic rings. The molecule has 0 heterocycles. The highest BCUT2D eigenvalue weighted by molar-refractivity contribution is 5.46. The van der Waals surface area contributed by atoms with Gasteiger partial charge in [-0.1, -0.05) is 12.1 Å². The Hall–Kier alpha value is -1.47. The van der Waals surface area contributed by atoms with E-state index < -0.39 is 19.6 Å². The van der Waals surface area contributed by atoms with Crippen molar-refractivity contribution in [2.45, 2.75) is 19.6 Å². The van der Waals surface area contributed by atoms with Crippen LogP contribution in [0, 0.1) is 0 Å². The average molecular weight is 293 g/mol. The number of benzene rings is 1. The maximum Gasteiger partial charge on any atom is 0.411 e. The first-order valence-electron chi connectivity index (χ1n) is 6.14. The van der Waals surface area contributed by atoms with Crippen molar-refractivity contribution in [3.8, 4) is 11.5 Å². The zero-order chi connectivity index (χ0) is 15.0. The fourth-order valence-electron chi connectivity index (χ4n) is 1.58. The Kier molecular flexibility index (Phi) is 6.60. The molecule has 0 bridgehead atoms. The number of hydrogen-bond acceptors (Lipinski definition) is 4. The van der Waals surface area contributed by atoms with Gasteiger partial charge in [-0.25, -0.2) is 0 Å². The molecule has 0 saturated carbocycles. The van der Waals surface area contributed by atoms with Gasteiger partial charge in [0, 0.05) is 12.1 Å². The second-order valence-electron chi connectivity index (χ2n) is 3.93. The Morgan fingerprint density at radius 1 is 1.20 bits per heavy atom. The van der Waals surface area contributed by atoms with Crippen LogP contribution in [-0.2, 0) is 11.3 Å². The quantitative estimate of drug-likeness (QED) is 0.591. The lowest BCUT2D eigenvalue weighted by atomic mass is 10.2. The summed E-state index contributed by atoms with van der Waals surface area (Å²) in [6.45, 7) is 0.929. The van der Waals surface area contributed by atoms with Crippen molar-refractivity contribution in [1.82, 2.24) is 5.32 Å². The van der Waals surface area contributed by atoms with E-state index in [1.165, 1.54) is 0 Å². The number of nitrogens with one attached hydrogen (secondary N) is 1. The fraction of sp³-hybridized carbons (Fsp3) is 0.538. The van der Waals surface area contributed by atoms with Gasteiger partial charge in [0.1, 0.15) is 6.61 Å². The lowest BCUT2D eigenvalue weighted by Gasteiger charge is -2.16. The minimum Gasteiger partial charge on any atom is -0.490 e. The molecular formula is C13H18F3NO3. The van der Waals surface area contributed by atoms with Crippen molar-refractivity contribution in [2.24, 2.45) is 0 Å². The molecule has 1 aromatic carbocycles. The topological polar surface area (TPSA) is 39.7 Å². The first-order chi connectivity index (χ1) is 9.48. The van der Waals surface area contributed by atoms with Crippen molar-refractivity contribution < 1.29 is 27.4 Å². The van der Waals surface area contributed by atoms with E-state index >= 15 is 0 Å². The van der Waals surface area contributed by atoms with Gasteiger partial charge in [-0.15, -0.1) is 0 Å². The van der Waals surface area contributed by atoms with Crippen LogP contribution in [-0.4, -0.2) is 33.2 Å². The van der Waals surface area contributed by atoms with Gasteiger partial charge in [0.15, 0.2) is 18.3 Å². The molecule has 1 rings (SSSR count). The highest BCUT2D eigenvalue weighted by atomic mass is 19.4. The van der Waals surface area contributed by atoms with Gasteiger partial charge in [0.25, 0.3) is 0 Å². The smallest absolute Gasteiger partial charge is 0.411 e. The molecule has 0 saturated heterocycles. The van der Waals surface area contributed by atoms with Crippen LogP contribution in [0.5, 0.6) is 11.5 Å². The summed E-state index contributed by atoms with van der Waals surface area (Å²) in [6.07, 6.45) is -4.36. The summed E-state index contributed by atoms with van der Waals surface area (Å²) in [7, 11) is 1.76. The Bertz CT molecular complexity index is 386. The Morgan fingerprint density at radius 2 is 1.95 bits per heavy atom. The van der Waals surface area contributed by atoms with Gasteiger partial charge in [0.05, 0.1) is 6.61 Å². The molecular weight excluding hydrogens is 275 g/mol. The second-order valence-corrected chi connectivity index (χ2v) is 3.93. The number of ether oxygens (including phenoxy) is 3.